The average Bonchev–Trinajstić information content (AvgIpc) is 3.38. The van der Waals surface area contributed by atoms with Gasteiger partial charge in [0.1, 0.15) is 4.87 Å². The molecule has 0 bridgehead atoms. The van der Waals surface area contributed by atoms with Gasteiger partial charge < -0.3 is 4.57 Å². The fourth-order valence-electron chi connectivity index (χ4n) is 4.80. The van der Waals surface area contributed by atoms with Crippen molar-refractivity contribution in [1.29, 1.82) is 0 Å². The van der Waals surface area contributed by atoms with Crippen molar-refractivity contribution in [2.24, 2.45) is 7.05 Å². The van der Waals surface area contributed by atoms with Crippen LogP contribution in [0.4, 0.5) is 0 Å². The molecule has 0 saturated heterocycles. The lowest BCUT2D eigenvalue weighted by atomic mass is 9.87. The Morgan fingerprint density at radius 1 is 0.939 bits per heavy atom. The molecule has 0 aliphatic carbocycles. The van der Waals surface area contributed by atoms with Gasteiger partial charge >= 0.3 is 0 Å². The van der Waals surface area contributed by atoms with Crippen molar-refractivity contribution < 1.29 is 0 Å². The van der Waals surface area contributed by atoms with Crippen LogP contribution in [0.3, 0.4) is 0 Å². The molecular formula is C26H16Cl3N3O. The number of aromatic nitrogens is 3. The van der Waals surface area contributed by atoms with E-state index in [4.69, 9.17) is 34.8 Å². The van der Waals surface area contributed by atoms with Gasteiger partial charge in [0.05, 0.1) is 29.4 Å². The lowest BCUT2D eigenvalue weighted by Crippen LogP contribution is -2.20. The third-order valence-corrected chi connectivity index (χ3v) is 7.47. The number of rotatable bonds is 2. The molecule has 2 aromatic heterocycles. The molecule has 1 aliphatic rings. The monoisotopic (exact) mass is 491 g/mol. The van der Waals surface area contributed by atoms with Crippen molar-refractivity contribution in [2.45, 2.75) is 4.87 Å². The average molecular weight is 493 g/mol. The maximum absolute atomic E-state index is 12.9. The summed E-state index contributed by atoms with van der Waals surface area (Å²) in [5.41, 5.74) is 5.89. The van der Waals surface area contributed by atoms with Crippen molar-refractivity contribution in [3.05, 3.63) is 116 Å². The van der Waals surface area contributed by atoms with Gasteiger partial charge in [-0.1, -0.05) is 53.5 Å². The second kappa shape index (κ2) is 7.22. The van der Waals surface area contributed by atoms with Gasteiger partial charge in [-0.25, -0.2) is 4.98 Å². The summed E-state index contributed by atoms with van der Waals surface area (Å²) in [6.07, 6.45) is 3.55. The van der Waals surface area contributed by atoms with Crippen LogP contribution in [0.15, 0.2) is 84.0 Å². The maximum Gasteiger partial charge on any atom is 0.251 e. The standard InChI is InChI=1S/C26H16Cl3N3O/c1-31-21-10-9-20-25(24(21)19(12-23(31)33)15-3-2-4-18(28)11-15)32-14-30-13-22(32)26(20,29)16-5-7-17(27)8-6-16/h2-14H,1H3. The van der Waals surface area contributed by atoms with E-state index in [9.17, 15) is 4.79 Å². The van der Waals surface area contributed by atoms with Gasteiger partial charge in [0.2, 0.25) is 0 Å². The molecule has 3 heterocycles. The molecule has 1 unspecified atom stereocenters. The number of hydrogen-bond acceptors (Lipinski definition) is 2. The number of fused-ring (bicyclic) bond motifs is 5. The predicted octanol–water partition coefficient (Wildman–Crippen LogP) is 6.54. The lowest BCUT2D eigenvalue weighted by molar-refractivity contribution is 0.871. The van der Waals surface area contributed by atoms with E-state index in [0.29, 0.717) is 10.0 Å². The zero-order chi connectivity index (χ0) is 22.9. The Morgan fingerprint density at radius 3 is 2.48 bits per heavy atom. The molecule has 4 nitrogen and oxygen atoms in total. The smallest absolute Gasteiger partial charge is 0.251 e. The summed E-state index contributed by atoms with van der Waals surface area (Å²) in [5, 5.41) is 2.15. The van der Waals surface area contributed by atoms with Crippen LogP contribution < -0.4 is 5.56 Å². The van der Waals surface area contributed by atoms with E-state index in [2.05, 4.69) is 4.98 Å². The number of alkyl halides is 1. The fraction of sp³-hybridized carbons (Fsp3) is 0.0769. The van der Waals surface area contributed by atoms with Gasteiger partial charge in [-0.15, -0.1) is 11.6 Å². The summed E-state index contributed by atoms with van der Waals surface area (Å²) in [7, 11) is 1.77. The fourth-order valence-corrected chi connectivity index (χ4v) is 5.53. The van der Waals surface area contributed by atoms with E-state index in [1.165, 1.54) is 0 Å². The van der Waals surface area contributed by atoms with Gasteiger partial charge in [0.15, 0.2) is 0 Å². The minimum absolute atomic E-state index is 0.101. The molecule has 5 aromatic rings. The van der Waals surface area contributed by atoms with E-state index in [1.807, 2.05) is 65.2 Å². The summed E-state index contributed by atoms with van der Waals surface area (Å²) in [4.78, 5) is 16.3. The second-order valence-corrected chi connectivity index (χ2v) is 9.58. The van der Waals surface area contributed by atoms with Gasteiger partial charge in [-0.2, -0.15) is 0 Å². The van der Waals surface area contributed by atoms with Crippen LogP contribution in [0.5, 0.6) is 0 Å². The molecule has 0 radical (unpaired) electrons. The van der Waals surface area contributed by atoms with Crippen LogP contribution in [-0.2, 0) is 11.9 Å². The topological polar surface area (TPSA) is 39.8 Å². The van der Waals surface area contributed by atoms with E-state index in [-0.39, 0.29) is 5.56 Å². The minimum Gasteiger partial charge on any atom is -0.311 e. The third-order valence-electron chi connectivity index (χ3n) is 6.37. The van der Waals surface area contributed by atoms with Crippen LogP contribution >= 0.6 is 34.8 Å². The number of halogens is 3. The first-order valence-corrected chi connectivity index (χ1v) is 11.4. The largest absolute Gasteiger partial charge is 0.311 e. The van der Waals surface area contributed by atoms with E-state index >= 15 is 0 Å². The normalized spacial score (nSPS) is 16.7. The van der Waals surface area contributed by atoms with E-state index < -0.39 is 4.87 Å². The van der Waals surface area contributed by atoms with E-state index in [1.54, 1.807) is 30.2 Å². The highest BCUT2D eigenvalue weighted by atomic mass is 35.5. The number of benzene rings is 3. The molecule has 0 amide bonds. The van der Waals surface area contributed by atoms with Crippen LogP contribution in [0, 0.1) is 0 Å². The molecule has 162 valence electrons. The number of pyridine rings is 1. The molecule has 0 fully saturated rings. The predicted molar refractivity (Wildman–Crippen MR) is 134 cm³/mol. The number of nitrogens with zero attached hydrogens (tertiary/aromatic N) is 3. The summed E-state index contributed by atoms with van der Waals surface area (Å²) in [5.74, 6) is 0. The quantitative estimate of drug-likeness (QED) is 0.262. The van der Waals surface area contributed by atoms with Gasteiger partial charge in [-0.05, 0) is 47.0 Å². The zero-order valence-corrected chi connectivity index (χ0v) is 19.7. The summed E-state index contributed by atoms with van der Waals surface area (Å²) in [6.45, 7) is 0. The highest BCUT2D eigenvalue weighted by molar-refractivity contribution is 6.31. The summed E-state index contributed by atoms with van der Waals surface area (Å²) < 4.78 is 3.66. The Labute approximate surface area is 204 Å². The highest BCUT2D eigenvalue weighted by Crippen LogP contribution is 2.53. The Hall–Kier alpha value is -3.05. The highest BCUT2D eigenvalue weighted by Gasteiger charge is 2.45. The molecule has 7 heteroatoms. The van der Waals surface area contributed by atoms with Crippen LogP contribution in [-0.4, -0.2) is 14.1 Å². The first kappa shape index (κ1) is 20.5. The molecule has 1 atom stereocenters. The van der Waals surface area contributed by atoms with Crippen molar-refractivity contribution >= 4 is 45.7 Å². The van der Waals surface area contributed by atoms with Gasteiger partial charge in [0, 0.05) is 34.1 Å². The van der Waals surface area contributed by atoms with Crippen molar-refractivity contribution in [3.63, 3.8) is 0 Å². The molecule has 6 rings (SSSR count). The van der Waals surface area contributed by atoms with Crippen molar-refractivity contribution in [2.75, 3.05) is 0 Å². The van der Waals surface area contributed by atoms with Crippen molar-refractivity contribution in [3.8, 4) is 16.8 Å². The second-order valence-electron chi connectivity index (χ2n) is 8.14. The van der Waals surface area contributed by atoms with Crippen LogP contribution in [0.1, 0.15) is 16.8 Å². The van der Waals surface area contributed by atoms with Crippen molar-refractivity contribution in [1.82, 2.24) is 14.1 Å². The molecular weight excluding hydrogens is 477 g/mol. The maximum atomic E-state index is 12.9. The number of aryl methyl sites for hydroxylation is 1. The minimum atomic E-state index is -0.953. The van der Waals surface area contributed by atoms with E-state index in [0.717, 1.165) is 44.5 Å². The van der Waals surface area contributed by atoms with Gasteiger partial charge in [0.25, 0.3) is 5.56 Å². The number of hydrogen-bond donors (Lipinski definition) is 0. The summed E-state index contributed by atoms with van der Waals surface area (Å²) >= 11 is 19.9. The third kappa shape index (κ3) is 2.85. The van der Waals surface area contributed by atoms with Crippen LogP contribution in [0.2, 0.25) is 10.0 Å². The Bertz CT molecular complexity index is 1640. The Kier molecular flexibility index (Phi) is 4.50. The Balaban J connectivity index is 1.78. The SMILES string of the molecule is Cn1c(=O)cc(-c2cccc(Cl)c2)c2c3c(ccc21)C(Cl)(c1ccc(Cl)cc1)c1cncn1-3. The lowest BCUT2D eigenvalue weighted by Gasteiger charge is -2.24. The number of imidazole rings is 1. The molecule has 33 heavy (non-hydrogen) atoms. The summed E-state index contributed by atoms with van der Waals surface area (Å²) in [6, 6.07) is 20.7. The first-order chi connectivity index (χ1) is 15.9. The van der Waals surface area contributed by atoms with Crippen LogP contribution in [0.25, 0.3) is 27.7 Å². The molecule has 0 N–H and O–H groups in total. The van der Waals surface area contributed by atoms with Gasteiger partial charge in [-0.3, -0.25) is 9.36 Å². The molecule has 0 spiro atoms. The first-order valence-electron chi connectivity index (χ1n) is 10.3. The molecule has 3 aromatic carbocycles. The zero-order valence-electron chi connectivity index (χ0n) is 17.4. The Morgan fingerprint density at radius 2 is 1.73 bits per heavy atom. The molecule has 1 aliphatic heterocycles. The molecule has 0 saturated carbocycles.